The summed E-state index contributed by atoms with van der Waals surface area (Å²) in [7, 11) is 0. The molecule has 8 bridgehead atoms. The van der Waals surface area contributed by atoms with E-state index in [1.54, 1.807) is 6.07 Å². The molecule has 9 heteroatoms. The van der Waals surface area contributed by atoms with Crippen LogP contribution in [-0.2, 0) is 16.8 Å². The Balaban J connectivity index is 0.00000253. The Morgan fingerprint density at radius 2 is 1.49 bits per heavy atom. The van der Waals surface area contributed by atoms with E-state index in [-0.39, 0.29) is 22.1 Å². The molecule has 5 heterocycles. The van der Waals surface area contributed by atoms with Gasteiger partial charge in [-0.05, 0) is 54.1 Å². The van der Waals surface area contributed by atoms with E-state index in [0.29, 0.717) is 27.9 Å². The minimum Gasteiger partial charge on any atom is -0.397 e. The molecule has 1 aliphatic rings. The summed E-state index contributed by atoms with van der Waals surface area (Å²) < 4.78 is 1.45. The van der Waals surface area contributed by atoms with Crippen LogP contribution >= 0.6 is 0 Å². The number of anilines is 2. The van der Waals surface area contributed by atoms with E-state index in [1.807, 2.05) is 72.8 Å². The van der Waals surface area contributed by atoms with Crippen LogP contribution < -0.4 is 22.7 Å². The van der Waals surface area contributed by atoms with Crippen molar-refractivity contribution in [1.29, 1.82) is 5.41 Å². The van der Waals surface area contributed by atoms with E-state index in [1.165, 1.54) is 4.68 Å². The molecule has 4 aromatic heterocycles. The molecule has 0 atom stereocenters. The van der Waals surface area contributed by atoms with Crippen molar-refractivity contribution in [3.63, 3.8) is 0 Å². The molecule has 0 amide bonds. The first-order valence-electron chi connectivity index (χ1n) is 10.8. The Morgan fingerprint density at radius 1 is 0.800 bits per heavy atom. The van der Waals surface area contributed by atoms with Gasteiger partial charge in [0.1, 0.15) is 10.9 Å². The Kier molecular flexibility index (Phi) is 5.35. The van der Waals surface area contributed by atoms with Gasteiger partial charge in [0.2, 0.25) is 0 Å². The van der Waals surface area contributed by atoms with E-state index >= 15 is 0 Å². The molecule has 1 radical (unpaired) electrons. The molecule has 9 N–H and O–H groups in total. The maximum Gasteiger partial charge on any atom is 2.00 e. The predicted molar refractivity (Wildman–Crippen MR) is 139 cm³/mol. The van der Waals surface area contributed by atoms with Gasteiger partial charge in [-0.15, -0.1) is 0 Å². The third-order valence-corrected chi connectivity index (χ3v) is 6.01. The SMILES string of the molecule is N=c1c2[nH]c(cc2N)cc2ccc(cc3nc(cc4c(-c5ccccc5)c(N)c1n4N)C=C3)[nH]2.[Co+2]. The number of rotatable bonds is 1. The number of nitrogen functional groups attached to an aromatic ring is 3. The predicted octanol–water partition coefficient (Wildman–Crippen LogP) is 4.19. The van der Waals surface area contributed by atoms with Crippen LogP contribution in [0.3, 0.4) is 0 Å². The summed E-state index contributed by atoms with van der Waals surface area (Å²) in [6, 6.07) is 21.3. The molecule has 1 aromatic carbocycles. The molecule has 0 fully saturated rings. The Hall–Kier alpha value is -4.47. The Labute approximate surface area is 210 Å². The maximum absolute atomic E-state index is 8.97. The molecule has 0 saturated heterocycles. The third-order valence-electron chi connectivity index (χ3n) is 6.01. The van der Waals surface area contributed by atoms with Crippen LogP contribution in [0, 0.1) is 5.41 Å². The molecule has 0 aliphatic carbocycles. The zero-order valence-corrected chi connectivity index (χ0v) is 19.5. The van der Waals surface area contributed by atoms with Crippen molar-refractivity contribution in [2.75, 3.05) is 17.3 Å². The van der Waals surface area contributed by atoms with Crippen LogP contribution in [0.25, 0.3) is 56.4 Å². The largest absolute Gasteiger partial charge is 2.00 e. The van der Waals surface area contributed by atoms with E-state index in [9.17, 15) is 0 Å². The average Bonchev–Trinajstić information content (AvgIpc) is 3.58. The first kappa shape index (κ1) is 22.3. The van der Waals surface area contributed by atoms with E-state index in [4.69, 9.17) is 27.7 Å². The van der Waals surface area contributed by atoms with Crippen LogP contribution in [0.15, 0.2) is 66.7 Å². The Morgan fingerprint density at radius 3 is 2.23 bits per heavy atom. The number of aromatic nitrogens is 4. The summed E-state index contributed by atoms with van der Waals surface area (Å²) in [4.78, 5) is 11.3. The van der Waals surface area contributed by atoms with Gasteiger partial charge < -0.3 is 27.3 Å². The molecule has 35 heavy (non-hydrogen) atoms. The maximum atomic E-state index is 8.97. The molecule has 0 spiro atoms. The number of hydrogen-bond donors (Lipinski definition) is 6. The van der Waals surface area contributed by atoms with Gasteiger partial charge in [-0.2, -0.15) is 0 Å². The van der Waals surface area contributed by atoms with Gasteiger partial charge in [0.15, 0.2) is 0 Å². The van der Waals surface area contributed by atoms with Gasteiger partial charge in [-0.1, -0.05) is 30.3 Å². The summed E-state index contributed by atoms with van der Waals surface area (Å²) in [5, 5.41) is 9.08. The van der Waals surface area contributed by atoms with Gasteiger partial charge in [-0.3, -0.25) is 10.1 Å². The molecular formula is C26H22CoN8+2. The fourth-order valence-electron chi connectivity index (χ4n) is 4.45. The van der Waals surface area contributed by atoms with Crippen molar-refractivity contribution in [1.82, 2.24) is 19.6 Å². The van der Waals surface area contributed by atoms with Crippen LogP contribution in [0.5, 0.6) is 0 Å². The Bertz CT molecular complexity index is 1810. The number of nitrogens with one attached hydrogen (secondary N) is 3. The normalized spacial score (nSPS) is 11.5. The summed E-state index contributed by atoms with van der Waals surface area (Å²) in [5.41, 5.74) is 21.0. The minimum atomic E-state index is 0. The zero-order valence-electron chi connectivity index (χ0n) is 18.5. The number of nitrogens with zero attached hydrogens (tertiary/aromatic N) is 2. The molecule has 5 aromatic rings. The van der Waals surface area contributed by atoms with Crippen molar-refractivity contribution in [2.45, 2.75) is 0 Å². The first-order chi connectivity index (χ1) is 16.5. The minimum absolute atomic E-state index is 0. The van der Waals surface area contributed by atoms with Gasteiger partial charge >= 0.3 is 16.8 Å². The smallest absolute Gasteiger partial charge is 0.397 e. The fraction of sp³-hybridized carbons (Fsp3) is 0. The second-order valence-electron chi connectivity index (χ2n) is 8.29. The van der Waals surface area contributed by atoms with Crippen molar-refractivity contribution in [2.24, 2.45) is 0 Å². The number of benzene rings is 1. The fourth-order valence-corrected chi connectivity index (χ4v) is 4.45. The topological polar surface area (TPSA) is 151 Å². The third kappa shape index (κ3) is 3.72. The molecule has 8 nitrogen and oxygen atoms in total. The molecule has 6 rings (SSSR count). The molecule has 173 valence electrons. The van der Waals surface area contributed by atoms with Crippen molar-refractivity contribution >= 4 is 56.6 Å². The number of H-pyrrole nitrogens is 2. The van der Waals surface area contributed by atoms with E-state index < -0.39 is 0 Å². The van der Waals surface area contributed by atoms with Crippen LogP contribution in [-0.4, -0.2) is 19.6 Å². The monoisotopic (exact) mass is 505 g/mol. The standard InChI is InChI=1S/C26H22N8.Co/c27-20-12-19-11-17-7-6-15(31-17)10-16-8-9-18(32-16)13-21-22(14-4-2-1-3-5-14)23(28)26(34(21)30)24(29)25(20)33-19;/h1-13,29,31,33H,27-28,30H2;/q;+2. The summed E-state index contributed by atoms with van der Waals surface area (Å²) in [6.45, 7) is 0. The summed E-state index contributed by atoms with van der Waals surface area (Å²) in [5.74, 6) is 6.59. The zero-order chi connectivity index (χ0) is 23.4. The molecule has 0 unspecified atom stereocenters. The van der Waals surface area contributed by atoms with E-state index in [2.05, 4.69) is 9.97 Å². The van der Waals surface area contributed by atoms with Crippen molar-refractivity contribution in [3.05, 3.63) is 83.5 Å². The van der Waals surface area contributed by atoms with Crippen LogP contribution in [0.2, 0.25) is 0 Å². The summed E-state index contributed by atoms with van der Waals surface area (Å²) >= 11 is 0. The number of hydrogen-bond acceptors (Lipinski definition) is 5. The number of nitrogens with two attached hydrogens (primary N) is 3. The molecule has 1 aliphatic heterocycles. The van der Waals surface area contributed by atoms with Gasteiger partial charge in [0.05, 0.1) is 33.8 Å². The second-order valence-corrected chi connectivity index (χ2v) is 8.29. The number of fused-ring (bicyclic) bond motifs is 8. The average molecular weight is 505 g/mol. The van der Waals surface area contributed by atoms with Crippen molar-refractivity contribution < 1.29 is 16.8 Å². The van der Waals surface area contributed by atoms with Gasteiger partial charge in [-0.25, -0.2) is 4.98 Å². The summed E-state index contributed by atoms with van der Waals surface area (Å²) in [6.07, 6.45) is 3.88. The van der Waals surface area contributed by atoms with Crippen LogP contribution in [0.1, 0.15) is 11.4 Å². The quantitative estimate of drug-likeness (QED) is 0.186. The van der Waals surface area contributed by atoms with E-state index in [0.717, 1.165) is 39.1 Å². The van der Waals surface area contributed by atoms with Crippen LogP contribution in [0.4, 0.5) is 11.4 Å². The molecular weight excluding hydrogens is 483 g/mol. The van der Waals surface area contributed by atoms with Gasteiger partial charge in [0.25, 0.3) is 0 Å². The number of aromatic amines is 2. The van der Waals surface area contributed by atoms with Gasteiger partial charge in [0, 0.05) is 22.1 Å². The molecule has 0 saturated carbocycles. The first-order valence-corrected chi connectivity index (χ1v) is 10.8. The van der Waals surface area contributed by atoms with Crippen molar-refractivity contribution in [3.8, 4) is 11.1 Å². The second kappa shape index (κ2) is 8.39.